The Kier molecular flexibility index (Phi) is 17.6. The molecule has 0 aliphatic rings. The highest BCUT2D eigenvalue weighted by Gasteiger charge is 2.23. The summed E-state index contributed by atoms with van der Waals surface area (Å²) in [7, 11) is 8.10. The van der Waals surface area contributed by atoms with Crippen molar-refractivity contribution in [3.05, 3.63) is 182 Å². The van der Waals surface area contributed by atoms with Gasteiger partial charge in [0.15, 0.2) is 0 Å². The van der Waals surface area contributed by atoms with Gasteiger partial charge in [0.05, 0.1) is 22.7 Å². The lowest BCUT2D eigenvalue weighted by molar-refractivity contribution is -0.538. The fourth-order valence-electron chi connectivity index (χ4n) is 8.93. The molecule has 74 heavy (non-hydrogen) atoms. The Morgan fingerprint density at radius 1 is 0.351 bits per heavy atom. The smallest absolute Gasteiger partial charge is 0.239 e. The molecule has 10 aromatic rings. The summed E-state index contributed by atoms with van der Waals surface area (Å²) in [6, 6.07) is 62.1. The fourth-order valence-corrected chi connectivity index (χ4v) is 8.93. The minimum Gasteiger partial charge on any atom is -1.00 e. The summed E-state index contributed by atoms with van der Waals surface area (Å²) in [5.41, 5.74) is 17.8. The third kappa shape index (κ3) is 11.8. The molecular formula is C60H64ClN12O+. The van der Waals surface area contributed by atoms with Gasteiger partial charge in [0.25, 0.3) is 0 Å². The van der Waals surface area contributed by atoms with Gasteiger partial charge in [0, 0.05) is 126 Å². The maximum Gasteiger partial charge on any atom is 0.239 e. The zero-order valence-electron chi connectivity index (χ0n) is 43.4. The molecule has 8 aromatic carbocycles. The number of para-hydroxylation sites is 2. The van der Waals surface area contributed by atoms with E-state index < -0.39 is 0 Å². The van der Waals surface area contributed by atoms with Crippen LogP contribution in [0.25, 0.3) is 55.5 Å². The third-order valence-corrected chi connectivity index (χ3v) is 12.9. The zero-order chi connectivity index (χ0) is 50.1. The van der Waals surface area contributed by atoms with Crippen LogP contribution in [0.5, 0.6) is 0 Å². The first-order chi connectivity index (χ1) is 35.1. The van der Waals surface area contributed by atoms with Gasteiger partial charge >= 0.3 is 0 Å². The summed E-state index contributed by atoms with van der Waals surface area (Å²) in [5.74, 6) is 0. The molecule has 0 radical (unpaired) electrons. The van der Waals surface area contributed by atoms with E-state index in [1.807, 2.05) is 113 Å². The molecule has 0 spiro atoms. The maximum absolute atomic E-state index is 4.99. The molecule has 0 bridgehead atoms. The van der Waals surface area contributed by atoms with Crippen LogP contribution in [0.4, 0.5) is 45.5 Å². The number of aromatic nitrogens is 4. The monoisotopic (exact) mass is 1000 g/mol. The van der Waals surface area contributed by atoms with E-state index >= 15 is 0 Å². The number of anilines is 4. The van der Waals surface area contributed by atoms with E-state index in [0.29, 0.717) is 0 Å². The molecule has 0 atom stereocenters. The molecule has 0 saturated heterocycles. The standard InChI is InChI=1S/2C30H31N6.ClH.H2O/c2*1-5-35(6-2)26-17-19-28-30(21-26)36(25-10-8-7-9-11-25)29-20-23(14-18-27(29)31-28)33-32-22-12-15-24(16-13-22)34(3)4;;/h2*7-21H,5-6H2,1-4H3;1H;1H2/q2*+1;;/p-1. The van der Waals surface area contributed by atoms with E-state index in [9.17, 15) is 0 Å². The van der Waals surface area contributed by atoms with Crippen LogP contribution in [0.3, 0.4) is 0 Å². The highest BCUT2D eigenvalue weighted by atomic mass is 35.5. The van der Waals surface area contributed by atoms with Crippen LogP contribution >= 0.6 is 0 Å². The Morgan fingerprint density at radius 2 is 0.635 bits per heavy atom. The van der Waals surface area contributed by atoms with E-state index in [1.54, 1.807) is 0 Å². The molecule has 2 heterocycles. The summed E-state index contributed by atoms with van der Waals surface area (Å²) in [4.78, 5) is 18.8. The summed E-state index contributed by atoms with van der Waals surface area (Å²) in [5, 5.41) is 18.1. The Labute approximate surface area is 440 Å². The predicted octanol–water partition coefficient (Wildman–Crippen LogP) is 10.2. The van der Waals surface area contributed by atoms with Crippen LogP contribution in [-0.4, -0.2) is 69.8 Å². The van der Waals surface area contributed by atoms with Gasteiger partial charge in [-0.2, -0.15) is 20.5 Å². The molecule has 0 amide bonds. The second-order valence-corrected chi connectivity index (χ2v) is 17.8. The molecular weight excluding hydrogens is 940 g/mol. The molecule has 376 valence electrons. The summed E-state index contributed by atoms with van der Waals surface area (Å²) in [6.45, 7) is 12.5. The van der Waals surface area contributed by atoms with Crippen molar-refractivity contribution in [1.29, 1.82) is 0 Å². The van der Waals surface area contributed by atoms with Crippen molar-refractivity contribution in [3.8, 4) is 11.4 Å². The van der Waals surface area contributed by atoms with Crippen molar-refractivity contribution in [2.75, 3.05) is 74.0 Å². The number of azo groups is 2. The van der Waals surface area contributed by atoms with E-state index in [-0.39, 0.29) is 17.9 Å². The van der Waals surface area contributed by atoms with Crippen LogP contribution in [0.15, 0.2) is 202 Å². The molecule has 2 N–H and O–H groups in total. The first kappa shape index (κ1) is 53.4. The number of benzene rings is 8. The van der Waals surface area contributed by atoms with Crippen molar-refractivity contribution in [1.82, 2.24) is 9.97 Å². The molecule has 0 unspecified atom stereocenters. The first-order valence-electron chi connectivity index (χ1n) is 24.7. The third-order valence-electron chi connectivity index (χ3n) is 12.9. The van der Waals surface area contributed by atoms with E-state index in [0.717, 1.165) is 116 Å². The number of halogens is 1. The number of fused-ring (bicyclic) bond motifs is 4. The number of nitrogens with zero attached hydrogens (tertiary/aromatic N) is 12. The lowest BCUT2D eigenvalue weighted by Crippen LogP contribution is -3.00. The molecule has 2 aromatic heterocycles. The molecule has 0 aliphatic carbocycles. The second kappa shape index (κ2) is 24.4. The van der Waals surface area contributed by atoms with Crippen LogP contribution in [-0.2, 0) is 0 Å². The molecule has 0 fully saturated rings. The quantitative estimate of drug-likeness (QED) is 0.0607. The van der Waals surface area contributed by atoms with Gasteiger partial charge in [0.1, 0.15) is 22.1 Å². The number of hydrogen-bond donors (Lipinski definition) is 0. The molecule has 10 rings (SSSR count). The van der Waals surface area contributed by atoms with Gasteiger partial charge in [-0.25, -0.2) is 9.97 Å². The minimum atomic E-state index is 0. The Morgan fingerprint density at radius 3 is 0.959 bits per heavy atom. The number of hydrogen-bond acceptors (Lipinski definition) is 10. The lowest BCUT2D eigenvalue weighted by Gasteiger charge is -2.20. The topological polar surface area (TPSA) is 127 Å². The van der Waals surface area contributed by atoms with Gasteiger partial charge in [-0.1, -0.05) is 36.4 Å². The highest BCUT2D eigenvalue weighted by Crippen LogP contribution is 2.29. The molecule has 14 heteroatoms. The van der Waals surface area contributed by atoms with Crippen LogP contribution in [0.1, 0.15) is 27.7 Å². The second-order valence-electron chi connectivity index (χ2n) is 17.8. The van der Waals surface area contributed by atoms with Gasteiger partial charge in [-0.05, 0) is 125 Å². The maximum atomic E-state index is 4.99. The highest BCUT2D eigenvalue weighted by molar-refractivity contribution is 5.87. The Balaban J connectivity index is 0.000000211. The van der Waals surface area contributed by atoms with E-state index in [4.69, 9.17) is 9.97 Å². The normalized spacial score (nSPS) is 11.1. The van der Waals surface area contributed by atoms with Crippen molar-refractivity contribution in [2.24, 2.45) is 20.5 Å². The van der Waals surface area contributed by atoms with Crippen molar-refractivity contribution in [3.63, 3.8) is 0 Å². The molecule has 0 aliphatic heterocycles. The van der Waals surface area contributed by atoms with Crippen LogP contribution < -0.4 is 41.1 Å². The Hall–Kier alpha value is -8.39. The van der Waals surface area contributed by atoms with Gasteiger partial charge in [-0.3, -0.25) is 0 Å². The lowest BCUT2D eigenvalue weighted by atomic mass is 10.1. The van der Waals surface area contributed by atoms with Crippen LogP contribution in [0.2, 0.25) is 0 Å². The van der Waals surface area contributed by atoms with Gasteiger partial charge < -0.3 is 37.5 Å². The number of rotatable bonds is 14. The average Bonchev–Trinajstić information content (AvgIpc) is 3.42. The van der Waals surface area contributed by atoms with Crippen molar-refractivity contribution in [2.45, 2.75) is 27.7 Å². The largest absolute Gasteiger partial charge is 1.00 e. The van der Waals surface area contributed by atoms with Crippen LogP contribution in [0, 0.1) is 0 Å². The van der Waals surface area contributed by atoms with Crippen molar-refractivity contribution >= 4 is 89.6 Å². The fraction of sp³-hybridized carbons (Fsp3) is 0.200. The van der Waals surface area contributed by atoms with Gasteiger partial charge in [0.2, 0.25) is 33.4 Å². The van der Waals surface area contributed by atoms with Crippen molar-refractivity contribution < 1.29 is 27.0 Å². The zero-order valence-corrected chi connectivity index (χ0v) is 44.1. The SMILES string of the molecule is CCN(CC)c1ccc2nc3ccc(N=Nc4ccc(N(C)C)cc4)cc3[n+](-c3ccccc3)c2c1.CCN(CC)c1ccc2nc3ccc(N=Nc4ccc(N(C)C)cc4)cc3[n+](-c3ccccc3)c2c1.O.[Cl-]. The molecule has 13 nitrogen and oxygen atoms in total. The summed E-state index contributed by atoms with van der Waals surface area (Å²) >= 11 is 0. The molecule has 0 saturated carbocycles. The van der Waals surface area contributed by atoms with E-state index in [1.165, 1.54) is 11.4 Å². The Bertz CT molecular complexity index is 3290. The first-order valence-corrected chi connectivity index (χ1v) is 24.7. The summed E-state index contributed by atoms with van der Waals surface area (Å²) in [6.07, 6.45) is 0. The average molecular weight is 1000 g/mol. The van der Waals surface area contributed by atoms with E-state index in [2.05, 4.69) is 174 Å². The van der Waals surface area contributed by atoms with Gasteiger partial charge in [-0.15, -0.1) is 9.13 Å². The summed E-state index contributed by atoms with van der Waals surface area (Å²) < 4.78 is 4.55. The minimum absolute atomic E-state index is 0. The predicted molar refractivity (Wildman–Crippen MR) is 302 cm³/mol.